The van der Waals surface area contributed by atoms with Crippen molar-refractivity contribution in [1.29, 1.82) is 0 Å². The van der Waals surface area contributed by atoms with Crippen LogP contribution in [0.2, 0.25) is 5.02 Å². The SMILES string of the molecule is C[C@@H](Nc1c(Nc2ccc(Cl)c(S(=O)(=O)N(C)C)c2O)c(=O)c1=O)C(C)(C)C. The molecule has 154 valence electrons. The van der Waals surface area contributed by atoms with Crippen molar-refractivity contribution in [2.45, 2.75) is 38.6 Å². The second-order valence-corrected chi connectivity index (χ2v) is 10.3. The fourth-order valence-corrected chi connectivity index (χ4v) is 3.77. The molecule has 0 aliphatic carbocycles. The van der Waals surface area contributed by atoms with Crippen molar-refractivity contribution in [2.75, 3.05) is 24.7 Å². The van der Waals surface area contributed by atoms with Crippen LogP contribution in [0.4, 0.5) is 17.1 Å². The molecule has 0 aliphatic heterocycles. The molecule has 0 spiro atoms. The van der Waals surface area contributed by atoms with Crippen LogP contribution >= 0.6 is 11.6 Å². The summed E-state index contributed by atoms with van der Waals surface area (Å²) in [4.78, 5) is 23.5. The molecular formula is C18H24ClN3O5S. The molecule has 0 amide bonds. The molecule has 28 heavy (non-hydrogen) atoms. The van der Waals surface area contributed by atoms with Crippen LogP contribution in [0.15, 0.2) is 26.6 Å². The van der Waals surface area contributed by atoms with Gasteiger partial charge in [0, 0.05) is 20.1 Å². The Bertz CT molecular complexity index is 1080. The largest absolute Gasteiger partial charge is 0.504 e. The average Bonchev–Trinajstić information content (AvgIpc) is 2.57. The van der Waals surface area contributed by atoms with Gasteiger partial charge in [-0.15, -0.1) is 0 Å². The van der Waals surface area contributed by atoms with Crippen LogP contribution in [0.3, 0.4) is 0 Å². The van der Waals surface area contributed by atoms with Gasteiger partial charge in [-0.3, -0.25) is 9.59 Å². The highest BCUT2D eigenvalue weighted by molar-refractivity contribution is 7.89. The molecule has 0 heterocycles. The lowest BCUT2D eigenvalue weighted by Gasteiger charge is -2.30. The third-order valence-electron chi connectivity index (χ3n) is 4.65. The number of sulfonamides is 1. The number of benzene rings is 1. The number of hydrogen-bond donors (Lipinski definition) is 3. The van der Waals surface area contributed by atoms with Gasteiger partial charge in [-0.1, -0.05) is 32.4 Å². The van der Waals surface area contributed by atoms with E-state index in [1.165, 1.54) is 26.2 Å². The molecule has 0 bridgehead atoms. The normalized spacial score (nSPS) is 13.7. The topological polar surface area (TPSA) is 116 Å². The van der Waals surface area contributed by atoms with E-state index in [1.807, 2.05) is 27.7 Å². The molecule has 8 nitrogen and oxygen atoms in total. The van der Waals surface area contributed by atoms with Crippen molar-refractivity contribution in [2.24, 2.45) is 5.41 Å². The zero-order valence-electron chi connectivity index (χ0n) is 16.5. The van der Waals surface area contributed by atoms with Crippen molar-refractivity contribution in [1.82, 2.24) is 4.31 Å². The number of phenolic OH excluding ortho intramolecular Hbond substituents is 1. The van der Waals surface area contributed by atoms with Gasteiger partial charge in [-0.05, 0) is 24.5 Å². The zero-order valence-corrected chi connectivity index (χ0v) is 18.1. The molecule has 1 atom stereocenters. The van der Waals surface area contributed by atoms with E-state index >= 15 is 0 Å². The minimum atomic E-state index is -4.03. The summed E-state index contributed by atoms with van der Waals surface area (Å²) >= 11 is 5.98. The Kier molecular flexibility index (Phi) is 5.85. The van der Waals surface area contributed by atoms with Crippen molar-refractivity contribution in [3.8, 4) is 5.75 Å². The number of anilines is 3. The summed E-state index contributed by atoms with van der Waals surface area (Å²) in [5, 5.41) is 16.0. The van der Waals surface area contributed by atoms with Gasteiger partial charge in [-0.2, -0.15) is 0 Å². The molecule has 0 saturated carbocycles. The molecule has 0 radical (unpaired) electrons. The number of nitrogens with one attached hydrogen (secondary N) is 2. The third-order valence-corrected chi connectivity index (χ3v) is 6.97. The van der Waals surface area contributed by atoms with Crippen molar-refractivity contribution >= 4 is 38.7 Å². The van der Waals surface area contributed by atoms with E-state index in [9.17, 15) is 23.1 Å². The molecule has 0 fully saturated rings. The lowest BCUT2D eigenvalue weighted by molar-refractivity contribution is 0.359. The van der Waals surface area contributed by atoms with Gasteiger partial charge in [0.1, 0.15) is 16.3 Å². The van der Waals surface area contributed by atoms with E-state index in [0.717, 1.165) is 4.31 Å². The molecule has 0 saturated heterocycles. The predicted molar refractivity (Wildman–Crippen MR) is 111 cm³/mol. The number of phenols is 1. The molecule has 2 aromatic carbocycles. The van der Waals surface area contributed by atoms with Gasteiger partial charge in [0.15, 0.2) is 5.75 Å². The van der Waals surface area contributed by atoms with Gasteiger partial charge in [0.25, 0.3) is 10.9 Å². The van der Waals surface area contributed by atoms with E-state index in [1.54, 1.807) is 0 Å². The first-order valence-electron chi connectivity index (χ1n) is 8.50. The molecule has 2 aromatic rings. The number of aromatic hydroxyl groups is 1. The predicted octanol–water partition coefficient (Wildman–Crippen LogP) is 2.48. The average molecular weight is 430 g/mol. The minimum Gasteiger partial charge on any atom is -0.504 e. The van der Waals surface area contributed by atoms with Gasteiger partial charge in [0.05, 0.1) is 10.7 Å². The Morgan fingerprint density at radius 3 is 2.14 bits per heavy atom. The van der Waals surface area contributed by atoms with Crippen molar-refractivity contribution in [3.63, 3.8) is 0 Å². The van der Waals surface area contributed by atoms with Gasteiger partial charge >= 0.3 is 0 Å². The van der Waals surface area contributed by atoms with Crippen LogP contribution in [0.1, 0.15) is 27.7 Å². The van der Waals surface area contributed by atoms with Crippen LogP contribution < -0.4 is 21.5 Å². The van der Waals surface area contributed by atoms with Gasteiger partial charge in [0.2, 0.25) is 10.0 Å². The standard InChI is InChI=1S/C18H24ClN3O5S/c1-9(18(2,3)4)20-12-13(16(25)15(12)24)21-11-8-7-10(19)17(14(11)23)28(26,27)22(5)6/h7-9,20-21,23H,1-6H3/t9-/m1/s1. The Morgan fingerprint density at radius 1 is 1.11 bits per heavy atom. The lowest BCUT2D eigenvalue weighted by atomic mass is 9.87. The third kappa shape index (κ3) is 3.87. The fraction of sp³-hybridized carbons (Fsp3) is 0.444. The van der Waals surface area contributed by atoms with Gasteiger partial charge in [-0.25, -0.2) is 12.7 Å². The quantitative estimate of drug-likeness (QED) is 0.477. The van der Waals surface area contributed by atoms with E-state index in [2.05, 4.69) is 10.6 Å². The highest BCUT2D eigenvalue weighted by Crippen LogP contribution is 2.39. The Morgan fingerprint density at radius 2 is 1.64 bits per heavy atom. The second-order valence-electron chi connectivity index (χ2n) is 7.83. The molecule has 2 rings (SSSR count). The van der Waals surface area contributed by atoms with E-state index in [4.69, 9.17) is 11.6 Å². The maximum Gasteiger partial charge on any atom is 0.253 e. The van der Waals surface area contributed by atoms with Gasteiger partial charge < -0.3 is 15.7 Å². The number of hydrogen-bond acceptors (Lipinski definition) is 7. The lowest BCUT2D eigenvalue weighted by Crippen LogP contribution is -2.41. The van der Waals surface area contributed by atoms with Crippen molar-refractivity contribution < 1.29 is 13.5 Å². The zero-order chi connectivity index (χ0) is 21.6. The van der Waals surface area contributed by atoms with Crippen LogP contribution in [-0.4, -0.2) is 38.0 Å². The van der Waals surface area contributed by atoms with Crippen LogP contribution in [0, 0.1) is 5.41 Å². The fourth-order valence-electron chi connectivity index (χ4n) is 2.29. The summed E-state index contributed by atoms with van der Waals surface area (Å²) in [5.74, 6) is -0.635. The maximum absolute atomic E-state index is 12.4. The first-order chi connectivity index (χ1) is 12.7. The number of rotatable bonds is 6. The molecule has 0 aliphatic rings. The highest BCUT2D eigenvalue weighted by Gasteiger charge is 2.30. The number of nitrogens with zero attached hydrogens (tertiary/aromatic N) is 1. The number of halogens is 1. The smallest absolute Gasteiger partial charge is 0.253 e. The molecular weight excluding hydrogens is 406 g/mol. The molecule has 0 aromatic heterocycles. The molecule has 10 heteroatoms. The first kappa shape index (κ1) is 22.2. The monoisotopic (exact) mass is 429 g/mol. The Hall–Kier alpha value is -2.10. The maximum atomic E-state index is 12.4. The minimum absolute atomic E-state index is 0.0353. The van der Waals surface area contributed by atoms with Crippen LogP contribution in [-0.2, 0) is 10.0 Å². The highest BCUT2D eigenvalue weighted by atomic mass is 35.5. The summed E-state index contributed by atoms with van der Waals surface area (Å²) in [6, 6.07) is 2.50. The second kappa shape index (κ2) is 7.38. The van der Waals surface area contributed by atoms with E-state index in [-0.39, 0.29) is 33.5 Å². The molecule has 3 N–H and O–H groups in total. The van der Waals surface area contributed by atoms with E-state index in [0.29, 0.717) is 0 Å². The Labute approximate surface area is 168 Å². The summed E-state index contributed by atoms with van der Waals surface area (Å²) in [7, 11) is -1.43. The summed E-state index contributed by atoms with van der Waals surface area (Å²) in [5.41, 5.74) is -1.59. The Balaban J connectivity index is 2.48. The van der Waals surface area contributed by atoms with E-state index < -0.39 is 31.5 Å². The molecule has 0 unspecified atom stereocenters. The first-order valence-corrected chi connectivity index (χ1v) is 10.3. The summed E-state index contributed by atoms with van der Waals surface area (Å²) < 4.78 is 25.8. The van der Waals surface area contributed by atoms with Crippen LogP contribution in [0.5, 0.6) is 5.75 Å². The van der Waals surface area contributed by atoms with Crippen molar-refractivity contribution in [3.05, 3.63) is 37.6 Å². The summed E-state index contributed by atoms with van der Waals surface area (Å²) in [6.45, 7) is 7.81. The van der Waals surface area contributed by atoms with Crippen LogP contribution in [0.25, 0.3) is 0 Å². The summed E-state index contributed by atoms with van der Waals surface area (Å²) in [6.07, 6.45) is 0.